The lowest BCUT2D eigenvalue weighted by Crippen LogP contribution is -2.37. The third-order valence-electron chi connectivity index (χ3n) is 4.97. The van der Waals surface area contributed by atoms with Gasteiger partial charge in [-0.2, -0.15) is 11.8 Å². The summed E-state index contributed by atoms with van der Waals surface area (Å²) in [5.74, 6) is -0.420. The molecule has 0 saturated carbocycles. The quantitative estimate of drug-likeness (QED) is 0.276. The van der Waals surface area contributed by atoms with Gasteiger partial charge in [0, 0.05) is 23.7 Å². The molecule has 2 saturated heterocycles. The lowest BCUT2D eigenvalue weighted by Gasteiger charge is -2.22. The monoisotopic (exact) mass is 359 g/mol. The van der Waals surface area contributed by atoms with Crippen molar-refractivity contribution >= 4 is 23.8 Å². The highest BCUT2D eigenvalue weighted by atomic mass is 32.2. The summed E-state index contributed by atoms with van der Waals surface area (Å²) in [6.07, 6.45) is 5.43. The van der Waals surface area contributed by atoms with Gasteiger partial charge in [0.25, 0.3) is 0 Å². The average molecular weight is 359 g/mol. The van der Waals surface area contributed by atoms with Crippen LogP contribution in [0.1, 0.15) is 44.9 Å². The Hall–Kier alpha value is -0.990. The minimum absolute atomic E-state index is 0.0939. The van der Waals surface area contributed by atoms with Crippen molar-refractivity contribution in [3.63, 3.8) is 0 Å². The Bertz CT molecular complexity index is 438. The van der Waals surface area contributed by atoms with Crippen LogP contribution in [0.25, 0.3) is 0 Å². The number of aliphatic carboxylic acids is 1. The van der Waals surface area contributed by atoms with Gasteiger partial charge in [-0.25, -0.2) is 4.79 Å². The highest BCUT2D eigenvalue weighted by molar-refractivity contribution is 8.00. The second kappa shape index (κ2) is 9.48. The van der Waals surface area contributed by atoms with Gasteiger partial charge in [-0.3, -0.25) is 4.79 Å². The molecular formula is C16H29N3O4S. The summed E-state index contributed by atoms with van der Waals surface area (Å²) >= 11 is 1.84. The van der Waals surface area contributed by atoms with Crippen LogP contribution < -0.4 is 16.4 Å². The third kappa shape index (κ3) is 5.26. The van der Waals surface area contributed by atoms with E-state index in [9.17, 15) is 14.7 Å². The van der Waals surface area contributed by atoms with Gasteiger partial charge >= 0.3 is 12.0 Å². The van der Waals surface area contributed by atoms with Crippen molar-refractivity contribution in [3.05, 3.63) is 0 Å². The predicted molar refractivity (Wildman–Crippen MR) is 94.0 cm³/mol. The van der Waals surface area contributed by atoms with Crippen LogP contribution in [0, 0.1) is 5.92 Å². The topological polar surface area (TPSA) is 125 Å². The largest absolute Gasteiger partial charge is 0.481 e. The molecule has 0 aromatic rings. The Labute approximate surface area is 147 Å². The van der Waals surface area contributed by atoms with Gasteiger partial charge in [0.05, 0.1) is 18.0 Å². The van der Waals surface area contributed by atoms with E-state index < -0.39 is 11.9 Å². The van der Waals surface area contributed by atoms with Crippen molar-refractivity contribution in [1.29, 1.82) is 0 Å². The van der Waals surface area contributed by atoms with E-state index in [1.54, 1.807) is 0 Å². The number of carbonyl (C=O) groups excluding carboxylic acids is 1. The van der Waals surface area contributed by atoms with E-state index in [-0.39, 0.29) is 30.8 Å². The molecule has 0 aromatic heterocycles. The normalized spacial score (nSPS) is 28.1. The maximum atomic E-state index is 11.5. The fourth-order valence-corrected chi connectivity index (χ4v) is 5.12. The van der Waals surface area contributed by atoms with Crippen LogP contribution in [0.3, 0.4) is 0 Å². The number of hydrogen-bond donors (Lipinski definition) is 5. The molecule has 8 heteroatoms. The molecular weight excluding hydrogens is 330 g/mol. The number of urea groups is 1. The lowest BCUT2D eigenvalue weighted by molar-refractivity contribution is -0.142. The molecule has 2 aliphatic rings. The first kappa shape index (κ1) is 19.3. The van der Waals surface area contributed by atoms with Crippen molar-refractivity contribution in [2.45, 2.75) is 68.3 Å². The summed E-state index contributed by atoms with van der Waals surface area (Å²) < 4.78 is 0. The third-order valence-corrected chi connectivity index (χ3v) is 6.48. The predicted octanol–water partition coefficient (Wildman–Crippen LogP) is 0.903. The molecule has 138 valence electrons. The van der Waals surface area contributed by atoms with Crippen LogP contribution in [0.15, 0.2) is 0 Å². The highest BCUT2D eigenvalue weighted by Crippen LogP contribution is 2.33. The molecule has 24 heavy (non-hydrogen) atoms. The molecule has 0 bridgehead atoms. The van der Waals surface area contributed by atoms with Crippen LogP contribution >= 0.6 is 11.8 Å². The number of amides is 2. The lowest BCUT2D eigenvalue weighted by atomic mass is 9.90. The first-order valence-electron chi connectivity index (χ1n) is 8.80. The molecule has 0 aliphatic carbocycles. The van der Waals surface area contributed by atoms with Crippen LogP contribution in [-0.2, 0) is 4.79 Å². The minimum Gasteiger partial charge on any atom is -0.481 e. The van der Waals surface area contributed by atoms with E-state index >= 15 is 0 Å². The Morgan fingerprint density at radius 1 is 1.25 bits per heavy atom. The Kier molecular flexibility index (Phi) is 7.64. The van der Waals surface area contributed by atoms with Gasteiger partial charge < -0.3 is 26.6 Å². The van der Waals surface area contributed by atoms with Crippen LogP contribution in [0.5, 0.6) is 0 Å². The number of nitrogens with two attached hydrogens (primary N) is 1. The van der Waals surface area contributed by atoms with E-state index in [4.69, 9.17) is 10.8 Å². The zero-order valence-electron chi connectivity index (χ0n) is 13.9. The maximum absolute atomic E-state index is 11.5. The summed E-state index contributed by atoms with van der Waals surface area (Å²) in [6, 6.07) is -0.0591. The standard InChI is InChI=1S/C16H29N3O4S/c17-11(6-2-1-3-8-20)10(15(21)22)5-4-7-13-14-12(9-24-13)18-16(23)19-14/h10-14,20H,1-9,17H2,(H,21,22)(H2,18,19,23)/t10?,11?,12-,13-,14-/m0/s1. The highest BCUT2D eigenvalue weighted by Gasteiger charge is 2.42. The summed E-state index contributed by atoms with van der Waals surface area (Å²) in [4.78, 5) is 22.9. The van der Waals surface area contributed by atoms with Crippen LogP contribution in [0.2, 0.25) is 0 Å². The molecule has 2 unspecified atom stereocenters. The van der Waals surface area contributed by atoms with Crippen LogP contribution in [-0.4, -0.2) is 57.9 Å². The maximum Gasteiger partial charge on any atom is 0.315 e. The molecule has 0 radical (unpaired) electrons. The summed E-state index contributed by atoms with van der Waals surface area (Å²) in [6.45, 7) is 0.171. The van der Waals surface area contributed by atoms with Gasteiger partial charge in [0.15, 0.2) is 0 Å². The Balaban J connectivity index is 1.71. The number of carboxylic acids is 1. The number of fused-ring (bicyclic) bond motifs is 1. The molecule has 2 amide bonds. The van der Waals surface area contributed by atoms with Gasteiger partial charge in [0.2, 0.25) is 0 Å². The zero-order chi connectivity index (χ0) is 17.5. The van der Waals surface area contributed by atoms with E-state index in [0.29, 0.717) is 18.1 Å². The first-order valence-corrected chi connectivity index (χ1v) is 9.85. The second-order valence-corrected chi connectivity index (χ2v) is 8.01. The molecule has 6 N–H and O–H groups in total. The fraction of sp³-hybridized carbons (Fsp3) is 0.875. The second-order valence-electron chi connectivity index (χ2n) is 6.73. The van der Waals surface area contributed by atoms with Crippen LogP contribution in [0.4, 0.5) is 4.79 Å². The number of carboxylic acid groups (broad SMARTS) is 1. The zero-order valence-corrected chi connectivity index (χ0v) is 14.8. The van der Waals surface area contributed by atoms with Gasteiger partial charge in [-0.15, -0.1) is 0 Å². The number of unbranched alkanes of at least 4 members (excludes halogenated alkanes) is 2. The number of hydrogen-bond acceptors (Lipinski definition) is 5. The summed E-state index contributed by atoms with van der Waals surface area (Å²) in [5, 5.41) is 24.4. The van der Waals surface area contributed by atoms with Gasteiger partial charge in [-0.05, 0) is 25.7 Å². The SMILES string of the molecule is NC(CCCCCO)C(CCC[C@@H]1SC[C@@H]2NC(=O)N[C@@H]21)C(=O)O. The molecule has 2 rings (SSSR count). The van der Waals surface area contributed by atoms with Crippen molar-refractivity contribution in [2.24, 2.45) is 11.7 Å². The van der Waals surface area contributed by atoms with Crippen molar-refractivity contribution in [1.82, 2.24) is 10.6 Å². The molecule has 0 aromatic carbocycles. The van der Waals surface area contributed by atoms with E-state index in [1.165, 1.54) is 0 Å². The summed E-state index contributed by atoms with van der Waals surface area (Å²) in [7, 11) is 0. The Morgan fingerprint density at radius 2 is 2.04 bits per heavy atom. The number of aliphatic hydroxyl groups excluding tert-OH is 1. The number of carbonyl (C=O) groups is 2. The van der Waals surface area contributed by atoms with Crippen molar-refractivity contribution < 1.29 is 19.8 Å². The van der Waals surface area contributed by atoms with Gasteiger partial charge in [-0.1, -0.05) is 19.3 Å². The fourth-order valence-electron chi connectivity index (χ4n) is 3.57. The first-order chi connectivity index (χ1) is 11.5. The van der Waals surface area contributed by atoms with E-state index in [0.717, 1.165) is 37.9 Å². The minimum atomic E-state index is -0.822. The number of nitrogens with one attached hydrogen (secondary N) is 2. The van der Waals surface area contributed by atoms with Crippen molar-refractivity contribution in [3.8, 4) is 0 Å². The molecule has 2 aliphatic heterocycles. The van der Waals surface area contributed by atoms with Gasteiger partial charge in [0.1, 0.15) is 0 Å². The Morgan fingerprint density at radius 3 is 2.75 bits per heavy atom. The molecule has 7 nitrogen and oxygen atoms in total. The van der Waals surface area contributed by atoms with E-state index in [1.807, 2.05) is 11.8 Å². The number of rotatable bonds is 11. The number of aliphatic hydroxyl groups is 1. The molecule has 2 heterocycles. The number of thioether (sulfide) groups is 1. The molecule has 5 atom stereocenters. The average Bonchev–Trinajstić information content (AvgIpc) is 3.07. The smallest absolute Gasteiger partial charge is 0.315 e. The summed E-state index contributed by atoms with van der Waals surface area (Å²) in [5.41, 5.74) is 6.08. The molecule has 2 fully saturated rings. The van der Waals surface area contributed by atoms with Crippen molar-refractivity contribution in [2.75, 3.05) is 12.4 Å². The molecule has 0 spiro atoms. The van der Waals surface area contributed by atoms with E-state index in [2.05, 4.69) is 10.6 Å².